The molecule has 3 aromatic rings. The quantitative estimate of drug-likeness (QED) is 0.282. The highest BCUT2D eigenvalue weighted by Crippen LogP contribution is 2.27. The zero-order chi connectivity index (χ0) is 24.2. The molecule has 3 rings (SSSR count). The molecule has 0 atom stereocenters. The van der Waals surface area contributed by atoms with Gasteiger partial charge in [0.25, 0.3) is 0 Å². The van der Waals surface area contributed by atoms with E-state index >= 15 is 0 Å². The van der Waals surface area contributed by atoms with Gasteiger partial charge in [-0.25, -0.2) is 0 Å². The van der Waals surface area contributed by atoms with Gasteiger partial charge < -0.3 is 28.6 Å². The van der Waals surface area contributed by atoms with Crippen LogP contribution in [0.5, 0.6) is 23.0 Å². The fourth-order valence-corrected chi connectivity index (χ4v) is 3.02. The maximum Gasteiger partial charge on any atom is 0.161 e. The van der Waals surface area contributed by atoms with E-state index in [-0.39, 0.29) is 0 Å². The van der Waals surface area contributed by atoms with E-state index in [0.29, 0.717) is 36.2 Å². The molecule has 0 amide bonds. The molecule has 0 fully saturated rings. The first-order valence-corrected chi connectivity index (χ1v) is 10.5. The predicted molar refractivity (Wildman–Crippen MR) is 130 cm³/mol. The standard InChI is InChI=1S/C26H28N2O6/c1-29-23-11-9-21(13-25(23)31-3)15-27-33-17-19-5-7-20(8-6-19)18-34-28-16-22-10-12-24(30-2)26(14-22)32-4/h5-16H,17-18H2,1-4H3/b27-15+,28-16+. The Morgan fingerprint density at radius 3 is 1.26 bits per heavy atom. The Bertz CT molecular complexity index is 1020. The monoisotopic (exact) mass is 464 g/mol. The van der Waals surface area contributed by atoms with Gasteiger partial charge in [0, 0.05) is 11.1 Å². The number of methoxy groups -OCH3 is 4. The topological polar surface area (TPSA) is 80.1 Å². The van der Waals surface area contributed by atoms with Crippen LogP contribution in [0.25, 0.3) is 0 Å². The van der Waals surface area contributed by atoms with E-state index in [0.717, 1.165) is 22.3 Å². The maximum absolute atomic E-state index is 5.40. The molecule has 0 N–H and O–H groups in total. The van der Waals surface area contributed by atoms with Crippen LogP contribution in [0.2, 0.25) is 0 Å². The number of nitrogens with zero attached hydrogens (tertiary/aromatic N) is 2. The average Bonchev–Trinajstić information content (AvgIpc) is 2.89. The van der Waals surface area contributed by atoms with Gasteiger partial charge in [-0.2, -0.15) is 0 Å². The van der Waals surface area contributed by atoms with E-state index in [1.165, 1.54) is 0 Å². The summed E-state index contributed by atoms with van der Waals surface area (Å²) in [6, 6.07) is 18.9. The first-order valence-electron chi connectivity index (χ1n) is 10.5. The Balaban J connectivity index is 1.44. The second-order valence-electron chi connectivity index (χ2n) is 7.06. The van der Waals surface area contributed by atoms with Gasteiger partial charge in [0.15, 0.2) is 23.0 Å². The molecule has 34 heavy (non-hydrogen) atoms. The third-order valence-corrected chi connectivity index (χ3v) is 4.85. The molecule has 0 bridgehead atoms. The molecule has 0 unspecified atom stereocenters. The van der Waals surface area contributed by atoms with Crippen LogP contribution < -0.4 is 18.9 Å². The number of rotatable bonds is 12. The number of hydrogen-bond donors (Lipinski definition) is 0. The fraction of sp³-hybridized carbons (Fsp3) is 0.231. The van der Waals surface area contributed by atoms with Gasteiger partial charge >= 0.3 is 0 Å². The highest BCUT2D eigenvalue weighted by molar-refractivity contribution is 5.81. The van der Waals surface area contributed by atoms with Crippen LogP contribution >= 0.6 is 0 Å². The van der Waals surface area contributed by atoms with Gasteiger partial charge in [-0.3, -0.25) is 0 Å². The Morgan fingerprint density at radius 2 is 0.912 bits per heavy atom. The van der Waals surface area contributed by atoms with Gasteiger partial charge in [0.05, 0.1) is 40.9 Å². The van der Waals surface area contributed by atoms with Crippen molar-refractivity contribution in [3.63, 3.8) is 0 Å². The summed E-state index contributed by atoms with van der Waals surface area (Å²) in [5.41, 5.74) is 3.67. The minimum Gasteiger partial charge on any atom is -0.493 e. The van der Waals surface area contributed by atoms with Crippen LogP contribution in [0.1, 0.15) is 22.3 Å². The third-order valence-electron chi connectivity index (χ3n) is 4.85. The van der Waals surface area contributed by atoms with E-state index in [9.17, 15) is 0 Å². The summed E-state index contributed by atoms with van der Waals surface area (Å²) in [7, 11) is 6.38. The largest absolute Gasteiger partial charge is 0.493 e. The molecule has 0 saturated heterocycles. The molecule has 0 heterocycles. The lowest BCUT2D eigenvalue weighted by Gasteiger charge is -2.07. The molecule has 0 aliphatic heterocycles. The Labute approximate surface area is 199 Å². The average molecular weight is 465 g/mol. The lowest BCUT2D eigenvalue weighted by molar-refractivity contribution is 0.130. The van der Waals surface area contributed by atoms with Gasteiger partial charge in [0.1, 0.15) is 13.2 Å². The Morgan fingerprint density at radius 1 is 0.529 bits per heavy atom. The summed E-state index contributed by atoms with van der Waals surface area (Å²) < 4.78 is 21.0. The molecule has 0 aromatic heterocycles. The number of hydrogen-bond acceptors (Lipinski definition) is 8. The first-order chi connectivity index (χ1) is 16.7. The van der Waals surface area contributed by atoms with Crippen LogP contribution in [-0.2, 0) is 22.9 Å². The van der Waals surface area contributed by atoms with Gasteiger partial charge in [0.2, 0.25) is 0 Å². The molecular weight excluding hydrogens is 436 g/mol. The van der Waals surface area contributed by atoms with Crippen LogP contribution in [-0.4, -0.2) is 40.9 Å². The highest BCUT2D eigenvalue weighted by Gasteiger charge is 2.04. The third kappa shape index (κ3) is 6.90. The minimum absolute atomic E-state index is 0.350. The molecular formula is C26H28N2O6. The molecule has 0 radical (unpaired) electrons. The number of benzene rings is 3. The molecule has 0 aliphatic rings. The fourth-order valence-electron chi connectivity index (χ4n) is 3.02. The highest BCUT2D eigenvalue weighted by atomic mass is 16.6. The van der Waals surface area contributed by atoms with Crippen molar-refractivity contribution < 1.29 is 28.6 Å². The van der Waals surface area contributed by atoms with Crippen LogP contribution in [0.3, 0.4) is 0 Å². The summed E-state index contributed by atoms with van der Waals surface area (Å²) >= 11 is 0. The SMILES string of the molecule is COc1ccc(/C=N/OCc2ccc(CO/N=C/c3ccc(OC)c(OC)c3)cc2)cc1OC. The van der Waals surface area contributed by atoms with Crippen molar-refractivity contribution in [1.29, 1.82) is 0 Å². The van der Waals surface area contributed by atoms with Crippen molar-refractivity contribution in [2.75, 3.05) is 28.4 Å². The summed E-state index contributed by atoms with van der Waals surface area (Å²) in [5, 5.41) is 8.04. The molecule has 0 aliphatic carbocycles. The number of oxime groups is 2. The summed E-state index contributed by atoms with van der Waals surface area (Å²) in [4.78, 5) is 10.8. The maximum atomic E-state index is 5.40. The van der Waals surface area contributed by atoms with Crippen LogP contribution in [0.4, 0.5) is 0 Å². The Hall–Kier alpha value is -4.20. The van der Waals surface area contributed by atoms with Gasteiger partial charge in [-0.05, 0) is 47.5 Å². The summed E-state index contributed by atoms with van der Waals surface area (Å²) in [5.74, 6) is 2.60. The van der Waals surface area contributed by atoms with Crippen LogP contribution in [0, 0.1) is 0 Å². The zero-order valence-corrected chi connectivity index (χ0v) is 19.7. The Kier molecular flexibility index (Phi) is 9.16. The van der Waals surface area contributed by atoms with E-state index in [4.69, 9.17) is 28.6 Å². The molecule has 0 spiro atoms. The minimum atomic E-state index is 0.350. The summed E-state index contributed by atoms with van der Waals surface area (Å²) in [6.45, 7) is 0.699. The van der Waals surface area contributed by atoms with E-state index in [1.54, 1.807) is 40.9 Å². The lowest BCUT2D eigenvalue weighted by Crippen LogP contribution is -1.94. The predicted octanol–water partition coefficient (Wildman–Crippen LogP) is 4.82. The summed E-state index contributed by atoms with van der Waals surface area (Å²) in [6.07, 6.45) is 3.25. The van der Waals surface area contributed by atoms with Crippen molar-refractivity contribution in [2.24, 2.45) is 10.3 Å². The van der Waals surface area contributed by atoms with E-state index < -0.39 is 0 Å². The molecule has 8 heteroatoms. The first kappa shape index (κ1) is 24.4. The van der Waals surface area contributed by atoms with Crippen molar-refractivity contribution in [2.45, 2.75) is 13.2 Å². The normalized spacial score (nSPS) is 10.9. The molecule has 3 aromatic carbocycles. The lowest BCUT2D eigenvalue weighted by atomic mass is 10.1. The smallest absolute Gasteiger partial charge is 0.161 e. The number of ether oxygens (including phenoxy) is 4. The molecule has 0 saturated carbocycles. The second kappa shape index (κ2) is 12.7. The van der Waals surface area contributed by atoms with Gasteiger partial charge in [-0.15, -0.1) is 0 Å². The van der Waals surface area contributed by atoms with Crippen molar-refractivity contribution >= 4 is 12.4 Å². The van der Waals surface area contributed by atoms with Gasteiger partial charge in [-0.1, -0.05) is 34.6 Å². The van der Waals surface area contributed by atoms with Crippen molar-refractivity contribution in [3.8, 4) is 23.0 Å². The van der Waals surface area contributed by atoms with Crippen molar-refractivity contribution in [1.82, 2.24) is 0 Å². The van der Waals surface area contributed by atoms with E-state index in [1.807, 2.05) is 60.7 Å². The zero-order valence-electron chi connectivity index (χ0n) is 19.7. The van der Waals surface area contributed by atoms with Crippen LogP contribution in [0.15, 0.2) is 71.0 Å². The van der Waals surface area contributed by atoms with E-state index in [2.05, 4.69) is 10.3 Å². The molecule has 178 valence electrons. The molecule has 8 nitrogen and oxygen atoms in total. The van der Waals surface area contributed by atoms with Crippen molar-refractivity contribution in [3.05, 3.63) is 82.9 Å². The second-order valence-corrected chi connectivity index (χ2v) is 7.06.